The molecule has 0 aliphatic carbocycles. The van der Waals surface area contributed by atoms with E-state index in [-0.39, 0.29) is 49.5 Å². The lowest BCUT2D eigenvalue weighted by molar-refractivity contribution is -0.146. The van der Waals surface area contributed by atoms with Gasteiger partial charge in [0.05, 0.1) is 13.5 Å². The van der Waals surface area contributed by atoms with Crippen LogP contribution in [0.4, 0.5) is 0 Å². The smallest absolute Gasteiger partial charge is 0.322 e. The Hall–Kier alpha value is -1.59. The zero-order valence-corrected chi connectivity index (χ0v) is 12.7. The van der Waals surface area contributed by atoms with Crippen LogP contribution in [0.1, 0.15) is 24.8 Å². The average Bonchev–Trinajstić information content (AvgIpc) is 2.94. The molecule has 0 spiro atoms. The van der Waals surface area contributed by atoms with Gasteiger partial charge in [-0.1, -0.05) is 30.3 Å². The summed E-state index contributed by atoms with van der Waals surface area (Å²) in [6, 6.07) is 9.24. The Balaban J connectivity index is 0.00000220. The summed E-state index contributed by atoms with van der Waals surface area (Å²) in [5.41, 5.74) is 0.965. The van der Waals surface area contributed by atoms with Crippen molar-refractivity contribution < 1.29 is 19.1 Å². The maximum absolute atomic E-state index is 11.7. The number of carbonyl (C=O) groups is 2. The van der Waals surface area contributed by atoms with Crippen LogP contribution in [0.5, 0.6) is 0 Å². The summed E-state index contributed by atoms with van der Waals surface area (Å²) < 4.78 is 9.89. The van der Waals surface area contributed by atoms with Crippen LogP contribution >= 0.6 is 12.4 Å². The van der Waals surface area contributed by atoms with Crippen LogP contribution in [0.2, 0.25) is 0 Å². The van der Waals surface area contributed by atoms with Crippen LogP contribution in [0.25, 0.3) is 0 Å². The van der Waals surface area contributed by atoms with Crippen LogP contribution in [0.15, 0.2) is 30.3 Å². The zero-order chi connectivity index (χ0) is 14.4. The molecule has 1 saturated heterocycles. The molecule has 1 heterocycles. The average molecular weight is 314 g/mol. The number of nitrogens with one attached hydrogen (secondary N) is 1. The van der Waals surface area contributed by atoms with Gasteiger partial charge in [-0.15, -0.1) is 12.4 Å². The number of hydrogen-bond donors (Lipinski definition) is 1. The van der Waals surface area contributed by atoms with Gasteiger partial charge in [0, 0.05) is 6.04 Å². The predicted octanol–water partition coefficient (Wildman–Crippen LogP) is 1.84. The fourth-order valence-electron chi connectivity index (χ4n) is 2.31. The van der Waals surface area contributed by atoms with Gasteiger partial charge in [-0.3, -0.25) is 9.59 Å². The maximum Gasteiger partial charge on any atom is 0.322 e. The minimum atomic E-state index is -0.299. The fraction of sp³-hybridized carbons (Fsp3) is 0.467. The molecule has 1 aliphatic heterocycles. The monoisotopic (exact) mass is 313 g/mol. The van der Waals surface area contributed by atoms with E-state index in [9.17, 15) is 9.59 Å². The lowest BCUT2D eigenvalue weighted by Crippen LogP contribution is -2.37. The van der Waals surface area contributed by atoms with Crippen molar-refractivity contribution in [1.29, 1.82) is 0 Å². The van der Waals surface area contributed by atoms with E-state index in [1.54, 1.807) is 0 Å². The van der Waals surface area contributed by atoms with E-state index in [1.807, 2.05) is 30.3 Å². The maximum atomic E-state index is 11.7. The van der Waals surface area contributed by atoms with Gasteiger partial charge in [-0.05, 0) is 18.4 Å². The molecule has 2 rings (SSSR count). The molecule has 0 radical (unpaired) electrons. The van der Waals surface area contributed by atoms with Crippen molar-refractivity contribution >= 4 is 24.3 Å². The molecule has 1 aliphatic rings. The Morgan fingerprint density at radius 2 is 1.95 bits per heavy atom. The minimum absolute atomic E-state index is 0. The topological polar surface area (TPSA) is 64.6 Å². The van der Waals surface area contributed by atoms with Gasteiger partial charge in [0.2, 0.25) is 0 Å². The van der Waals surface area contributed by atoms with Gasteiger partial charge in [0.25, 0.3) is 0 Å². The molecule has 1 N–H and O–H groups in total. The number of hydrogen-bond acceptors (Lipinski definition) is 5. The zero-order valence-electron chi connectivity index (χ0n) is 11.9. The lowest BCUT2D eigenvalue weighted by atomic mass is 10.1. The Morgan fingerprint density at radius 3 is 2.62 bits per heavy atom. The molecule has 1 fully saturated rings. The van der Waals surface area contributed by atoms with Gasteiger partial charge < -0.3 is 14.8 Å². The van der Waals surface area contributed by atoms with Gasteiger partial charge in [0.15, 0.2) is 0 Å². The highest BCUT2D eigenvalue weighted by Gasteiger charge is 2.31. The summed E-state index contributed by atoms with van der Waals surface area (Å²) in [7, 11) is 1.37. The molecule has 0 saturated carbocycles. The van der Waals surface area contributed by atoms with Crippen molar-refractivity contribution in [3.63, 3.8) is 0 Å². The molecule has 0 amide bonds. The van der Waals surface area contributed by atoms with Crippen molar-refractivity contribution in [1.82, 2.24) is 5.32 Å². The third-order valence-corrected chi connectivity index (χ3v) is 3.38. The van der Waals surface area contributed by atoms with Gasteiger partial charge >= 0.3 is 11.9 Å². The number of ether oxygens (including phenoxy) is 2. The predicted molar refractivity (Wildman–Crippen MR) is 80.1 cm³/mol. The molecule has 5 nitrogen and oxygen atoms in total. The summed E-state index contributed by atoms with van der Waals surface area (Å²) in [4.78, 5) is 23.1. The summed E-state index contributed by atoms with van der Waals surface area (Å²) in [6.07, 6.45) is 1.75. The molecule has 0 unspecified atom stereocenters. The Labute approximate surface area is 130 Å². The minimum Gasteiger partial charge on any atom is -0.468 e. The Bertz CT molecular complexity index is 466. The Morgan fingerprint density at radius 1 is 1.24 bits per heavy atom. The summed E-state index contributed by atoms with van der Waals surface area (Å²) >= 11 is 0. The standard InChI is InChI=1S/C15H19NO4.ClH/c1-19-15(18)13-8-7-12(16-13)9-14(17)20-10-11-5-3-2-4-6-11;/h2-6,12-13,16H,7-10H2,1H3;1H/t12-,13+;/m1./s1. The van der Waals surface area contributed by atoms with Crippen LogP contribution in [0, 0.1) is 0 Å². The highest BCUT2D eigenvalue weighted by molar-refractivity contribution is 5.85. The molecule has 1 aromatic rings. The van der Waals surface area contributed by atoms with Crippen LogP contribution in [0.3, 0.4) is 0 Å². The molecule has 0 bridgehead atoms. The van der Waals surface area contributed by atoms with Gasteiger partial charge in [0.1, 0.15) is 12.6 Å². The van der Waals surface area contributed by atoms with E-state index in [0.717, 1.165) is 12.0 Å². The fourth-order valence-corrected chi connectivity index (χ4v) is 2.31. The van der Waals surface area contributed by atoms with Crippen molar-refractivity contribution in [3.8, 4) is 0 Å². The van der Waals surface area contributed by atoms with Crippen LogP contribution < -0.4 is 5.32 Å². The van der Waals surface area contributed by atoms with Gasteiger partial charge in [-0.25, -0.2) is 0 Å². The molecular formula is C15H20ClNO4. The van der Waals surface area contributed by atoms with Crippen molar-refractivity contribution in [2.24, 2.45) is 0 Å². The third-order valence-electron chi connectivity index (χ3n) is 3.38. The second kappa shape index (κ2) is 8.64. The first-order valence-electron chi connectivity index (χ1n) is 6.72. The van der Waals surface area contributed by atoms with Crippen LogP contribution in [-0.2, 0) is 25.7 Å². The lowest BCUT2D eigenvalue weighted by Gasteiger charge is -2.12. The van der Waals surface area contributed by atoms with E-state index >= 15 is 0 Å². The van der Waals surface area contributed by atoms with Crippen molar-refractivity contribution in [2.75, 3.05) is 7.11 Å². The summed E-state index contributed by atoms with van der Waals surface area (Å²) in [6.45, 7) is 0.285. The summed E-state index contributed by atoms with van der Waals surface area (Å²) in [5, 5.41) is 3.10. The summed E-state index contributed by atoms with van der Waals surface area (Å²) in [5.74, 6) is -0.526. The number of halogens is 1. The highest BCUT2D eigenvalue weighted by Crippen LogP contribution is 2.16. The molecule has 0 aromatic heterocycles. The van der Waals surface area contributed by atoms with Crippen molar-refractivity contribution in [2.45, 2.75) is 38.0 Å². The number of methoxy groups -OCH3 is 1. The molecule has 116 valence electrons. The molecule has 6 heteroatoms. The van der Waals surface area contributed by atoms with Crippen molar-refractivity contribution in [3.05, 3.63) is 35.9 Å². The first-order chi connectivity index (χ1) is 9.69. The highest BCUT2D eigenvalue weighted by atomic mass is 35.5. The number of benzene rings is 1. The second-order valence-electron chi connectivity index (χ2n) is 4.87. The first kappa shape index (κ1) is 17.5. The van der Waals surface area contributed by atoms with E-state index in [4.69, 9.17) is 4.74 Å². The molecule has 21 heavy (non-hydrogen) atoms. The number of esters is 2. The Kier molecular flexibility index (Phi) is 7.19. The molecular weight excluding hydrogens is 294 g/mol. The third kappa shape index (κ3) is 5.36. The number of rotatable bonds is 5. The largest absolute Gasteiger partial charge is 0.468 e. The van der Waals surface area contributed by atoms with Crippen LogP contribution in [-0.4, -0.2) is 31.1 Å². The van der Waals surface area contributed by atoms with E-state index in [1.165, 1.54) is 7.11 Å². The molecule has 2 atom stereocenters. The van der Waals surface area contributed by atoms with E-state index in [0.29, 0.717) is 6.42 Å². The normalized spacial score (nSPS) is 20.4. The van der Waals surface area contributed by atoms with E-state index in [2.05, 4.69) is 10.1 Å². The molecule has 1 aromatic carbocycles. The second-order valence-corrected chi connectivity index (χ2v) is 4.87. The van der Waals surface area contributed by atoms with E-state index < -0.39 is 0 Å². The number of carbonyl (C=O) groups excluding carboxylic acids is 2. The first-order valence-corrected chi connectivity index (χ1v) is 6.72. The SMILES string of the molecule is COC(=O)[C@@H]1CC[C@H](CC(=O)OCc2ccccc2)N1.Cl. The van der Waals surface area contributed by atoms with Gasteiger partial charge in [-0.2, -0.15) is 0 Å². The quantitative estimate of drug-likeness (QED) is 0.840.